The second-order valence-electron chi connectivity index (χ2n) is 3.36. The van der Waals surface area contributed by atoms with Crippen LogP contribution in [0.1, 0.15) is 15.2 Å². The van der Waals surface area contributed by atoms with E-state index in [1.165, 1.54) is 18.4 Å². The van der Waals surface area contributed by atoms with Gasteiger partial charge in [0.05, 0.1) is 12.8 Å². The van der Waals surface area contributed by atoms with E-state index in [2.05, 4.69) is 10.2 Å². The van der Waals surface area contributed by atoms with Crippen LogP contribution in [0.4, 0.5) is 0 Å². The fourth-order valence-corrected chi connectivity index (χ4v) is 2.53. The van der Waals surface area contributed by atoms with Crippen molar-refractivity contribution in [3.63, 3.8) is 0 Å². The monoisotopic (exact) mass is 268 g/mol. The Morgan fingerprint density at radius 2 is 2.18 bits per heavy atom. The minimum atomic E-state index is -0.366. The Labute approximate surface area is 107 Å². The Bertz CT molecular complexity index is 551. The summed E-state index contributed by atoms with van der Waals surface area (Å²) in [6, 6.07) is 3.37. The molecule has 2 heterocycles. The van der Waals surface area contributed by atoms with Crippen LogP contribution in [0.15, 0.2) is 17.5 Å². The number of hydrogen-bond donors (Lipinski definition) is 0. The number of halogens is 1. The first-order valence-corrected chi connectivity index (χ1v) is 6.05. The minimum Gasteiger partial charge on any atom is -0.465 e. The zero-order chi connectivity index (χ0) is 12.4. The summed E-state index contributed by atoms with van der Waals surface area (Å²) < 4.78 is 4.73. The van der Waals surface area contributed by atoms with Gasteiger partial charge in [0.25, 0.3) is 0 Å². The van der Waals surface area contributed by atoms with E-state index in [0.717, 1.165) is 11.1 Å². The maximum absolute atomic E-state index is 11.6. The van der Waals surface area contributed by atoms with E-state index in [-0.39, 0.29) is 5.97 Å². The molecule has 0 bridgehead atoms. The number of esters is 1. The first-order chi connectivity index (χ1) is 8.13. The van der Waals surface area contributed by atoms with Gasteiger partial charge in [-0.15, -0.1) is 21.5 Å². The minimum absolute atomic E-state index is 0.321. The third-order valence-corrected chi connectivity index (χ3v) is 3.51. The highest BCUT2D eigenvalue weighted by molar-refractivity contribution is 7.12. The molecule has 0 fully saturated rings. The molecule has 0 saturated carbocycles. The molecular formula is C11H9ClN2O2S. The molecule has 0 aliphatic rings. The molecule has 0 aliphatic heterocycles. The molecule has 4 nitrogen and oxygen atoms in total. The predicted octanol–water partition coefficient (Wildman–Crippen LogP) is 2.95. The standard InChI is InChI=1S/C11H9ClN2O2S/c1-6-5-17-10(11(15)16-2)9(6)7-3-4-8(12)14-13-7/h3-5H,1-2H3. The average Bonchev–Trinajstić information content (AvgIpc) is 2.71. The summed E-state index contributed by atoms with van der Waals surface area (Å²) in [7, 11) is 1.36. The molecule has 0 N–H and O–H groups in total. The Kier molecular flexibility index (Phi) is 3.40. The molecule has 17 heavy (non-hydrogen) atoms. The maximum Gasteiger partial charge on any atom is 0.348 e. The van der Waals surface area contributed by atoms with Gasteiger partial charge < -0.3 is 4.74 Å². The molecule has 0 spiro atoms. The Balaban J connectivity index is 2.54. The van der Waals surface area contributed by atoms with Gasteiger partial charge in [0.1, 0.15) is 4.88 Å². The molecule has 2 aromatic rings. The fourth-order valence-electron chi connectivity index (χ4n) is 1.45. The first kappa shape index (κ1) is 12.0. The van der Waals surface area contributed by atoms with Gasteiger partial charge >= 0.3 is 5.97 Å². The molecule has 0 unspecified atom stereocenters. The number of methoxy groups -OCH3 is 1. The second-order valence-corrected chi connectivity index (χ2v) is 4.62. The lowest BCUT2D eigenvalue weighted by Crippen LogP contribution is -2.01. The lowest BCUT2D eigenvalue weighted by atomic mass is 10.1. The van der Waals surface area contributed by atoms with Crippen molar-refractivity contribution in [1.82, 2.24) is 10.2 Å². The summed E-state index contributed by atoms with van der Waals surface area (Å²) in [5, 5.41) is 9.95. The highest BCUT2D eigenvalue weighted by Gasteiger charge is 2.19. The van der Waals surface area contributed by atoms with Gasteiger partial charge in [-0.25, -0.2) is 4.79 Å². The van der Waals surface area contributed by atoms with Crippen molar-refractivity contribution >= 4 is 28.9 Å². The topological polar surface area (TPSA) is 52.1 Å². The number of carbonyl (C=O) groups is 1. The van der Waals surface area contributed by atoms with Gasteiger partial charge in [-0.2, -0.15) is 0 Å². The number of carbonyl (C=O) groups excluding carboxylic acids is 1. The first-order valence-electron chi connectivity index (χ1n) is 4.79. The van der Waals surface area contributed by atoms with E-state index in [9.17, 15) is 4.79 Å². The quantitative estimate of drug-likeness (QED) is 0.786. The van der Waals surface area contributed by atoms with E-state index >= 15 is 0 Å². The van der Waals surface area contributed by atoms with Crippen molar-refractivity contribution in [3.05, 3.63) is 33.1 Å². The smallest absolute Gasteiger partial charge is 0.348 e. The van der Waals surface area contributed by atoms with Gasteiger partial charge in [0.2, 0.25) is 0 Å². The van der Waals surface area contributed by atoms with E-state index < -0.39 is 0 Å². The normalized spacial score (nSPS) is 10.3. The highest BCUT2D eigenvalue weighted by Crippen LogP contribution is 2.31. The van der Waals surface area contributed by atoms with E-state index in [4.69, 9.17) is 16.3 Å². The number of thiophene rings is 1. The molecular weight excluding hydrogens is 260 g/mol. The third-order valence-electron chi connectivity index (χ3n) is 2.23. The number of rotatable bonds is 2. The van der Waals surface area contributed by atoms with Crippen LogP contribution in [0.25, 0.3) is 11.3 Å². The molecule has 2 aromatic heterocycles. The molecule has 0 radical (unpaired) electrons. The second kappa shape index (κ2) is 4.81. The van der Waals surface area contributed by atoms with Crippen LogP contribution >= 0.6 is 22.9 Å². The Hall–Kier alpha value is -1.46. The van der Waals surface area contributed by atoms with Crippen LogP contribution in [-0.4, -0.2) is 23.3 Å². The SMILES string of the molecule is COC(=O)c1scc(C)c1-c1ccc(Cl)nn1. The number of hydrogen-bond acceptors (Lipinski definition) is 5. The molecule has 0 aromatic carbocycles. The van der Waals surface area contributed by atoms with Crippen molar-refractivity contribution in [2.75, 3.05) is 7.11 Å². The Morgan fingerprint density at radius 3 is 2.76 bits per heavy atom. The molecule has 0 atom stereocenters. The maximum atomic E-state index is 11.6. The van der Waals surface area contributed by atoms with Crippen LogP contribution in [0.5, 0.6) is 0 Å². The van der Waals surface area contributed by atoms with Crippen molar-refractivity contribution in [1.29, 1.82) is 0 Å². The van der Waals surface area contributed by atoms with Gasteiger partial charge in [-0.1, -0.05) is 11.6 Å². The molecule has 0 amide bonds. The summed E-state index contributed by atoms with van der Waals surface area (Å²) in [4.78, 5) is 12.1. The number of ether oxygens (including phenoxy) is 1. The number of aromatic nitrogens is 2. The molecule has 6 heteroatoms. The largest absolute Gasteiger partial charge is 0.465 e. The van der Waals surface area contributed by atoms with Crippen LogP contribution in [0.2, 0.25) is 5.15 Å². The number of nitrogens with zero attached hydrogens (tertiary/aromatic N) is 2. The summed E-state index contributed by atoms with van der Waals surface area (Å²) in [6.45, 7) is 1.91. The zero-order valence-electron chi connectivity index (χ0n) is 9.23. The van der Waals surface area contributed by atoms with Gasteiger partial charge in [-0.3, -0.25) is 0 Å². The van der Waals surface area contributed by atoms with Crippen molar-refractivity contribution in [2.24, 2.45) is 0 Å². The van der Waals surface area contributed by atoms with Crippen molar-refractivity contribution in [3.8, 4) is 11.3 Å². The van der Waals surface area contributed by atoms with Crippen LogP contribution in [-0.2, 0) is 4.74 Å². The van der Waals surface area contributed by atoms with Gasteiger partial charge in [-0.05, 0) is 30.0 Å². The Morgan fingerprint density at radius 1 is 1.41 bits per heavy atom. The van der Waals surface area contributed by atoms with E-state index in [1.54, 1.807) is 12.1 Å². The molecule has 0 saturated heterocycles. The zero-order valence-corrected chi connectivity index (χ0v) is 10.8. The molecule has 2 rings (SSSR count). The van der Waals surface area contributed by atoms with Crippen LogP contribution < -0.4 is 0 Å². The lowest BCUT2D eigenvalue weighted by molar-refractivity contribution is 0.0607. The summed E-state index contributed by atoms with van der Waals surface area (Å²) in [5.41, 5.74) is 2.34. The lowest BCUT2D eigenvalue weighted by Gasteiger charge is -2.02. The molecule has 88 valence electrons. The summed E-state index contributed by atoms with van der Waals surface area (Å²) in [5.74, 6) is -0.366. The third kappa shape index (κ3) is 2.30. The summed E-state index contributed by atoms with van der Waals surface area (Å²) in [6.07, 6.45) is 0. The van der Waals surface area contributed by atoms with Gasteiger partial charge in [0.15, 0.2) is 5.15 Å². The fraction of sp³-hybridized carbons (Fsp3) is 0.182. The van der Waals surface area contributed by atoms with Crippen molar-refractivity contribution in [2.45, 2.75) is 6.92 Å². The average molecular weight is 269 g/mol. The van der Waals surface area contributed by atoms with Crippen LogP contribution in [0.3, 0.4) is 0 Å². The molecule has 0 aliphatic carbocycles. The van der Waals surface area contributed by atoms with Gasteiger partial charge in [0, 0.05) is 5.56 Å². The van der Waals surface area contributed by atoms with E-state index in [0.29, 0.717) is 15.7 Å². The highest BCUT2D eigenvalue weighted by atomic mass is 35.5. The van der Waals surface area contributed by atoms with Crippen molar-refractivity contribution < 1.29 is 9.53 Å². The number of aryl methyl sites for hydroxylation is 1. The van der Waals surface area contributed by atoms with Crippen LogP contribution in [0, 0.1) is 6.92 Å². The van der Waals surface area contributed by atoms with E-state index in [1.807, 2.05) is 12.3 Å². The summed E-state index contributed by atoms with van der Waals surface area (Å²) >= 11 is 7.01. The predicted molar refractivity (Wildman–Crippen MR) is 66.4 cm³/mol.